The van der Waals surface area contributed by atoms with Gasteiger partial charge in [0.25, 0.3) is 5.91 Å². The largest absolute Gasteiger partial charge is 0.416 e. The maximum absolute atomic E-state index is 12.9. The second-order valence-electron chi connectivity index (χ2n) is 7.14. The fraction of sp³-hybridized carbons (Fsp3) is 0.316. The van der Waals surface area contributed by atoms with E-state index in [1.54, 1.807) is 0 Å². The first-order valence-corrected chi connectivity index (χ1v) is 11.6. The molecule has 0 radical (unpaired) electrons. The average molecular weight is 520 g/mol. The number of hydrogen-bond donors (Lipinski definition) is 1. The molecule has 1 fully saturated rings. The highest BCUT2D eigenvalue weighted by Crippen LogP contribution is 2.33. The van der Waals surface area contributed by atoms with Crippen LogP contribution in [0, 0.1) is 0 Å². The van der Waals surface area contributed by atoms with Crippen molar-refractivity contribution in [2.24, 2.45) is 0 Å². The van der Waals surface area contributed by atoms with Crippen molar-refractivity contribution < 1.29 is 36.0 Å². The van der Waals surface area contributed by atoms with Crippen LogP contribution < -0.4 is 10.2 Å². The maximum Gasteiger partial charge on any atom is 0.416 e. The molecule has 182 valence electrons. The number of fused-ring (bicyclic) bond motifs is 1. The van der Waals surface area contributed by atoms with Gasteiger partial charge >= 0.3 is 6.18 Å². The average Bonchev–Trinajstić information content (AvgIpc) is 3.21. The summed E-state index contributed by atoms with van der Waals surface area (Å²) in [6.45, 7) is 0.342. The number of halogens is 4. The Bertz CT molecular complexity index is 1330. The molecule has 0 bridgehead atoms. The van der Waals surface area contributed by atoms with Crippen LogP contribution in [0.3, 0.4) is 0 Å². The Kier molecular flexibility index (Phi) is 6.66. The standard InChI is InChI=1S/C19H17ClF3N5O5S/c20-14-3-1-12(19(21,22)23)9-16(14)24-18(29)11-33-28-17-10-13(2-4-15(17)25-26-28)34(30,31)27-5-7-32-8-6-27/h1-4,9-10H,5-8,11H2,(H,24,29). The minimum atomic E-state index is -4.61. The van der Waals surface area contributed by atoms with E-state index in [-0.39, 0.29) is 47.4 Å². The third-order valence-electron chi connectivity index (χ3n) is 4.88. The summed E-state index contributed by atoms with van der Waals surface area (Å²) in [5, 5.41) is 9.73. The van der Waals surface area contributed by atoms with Gasteiger partial charge in [0.1, 0.15) is 11.0 Å². The number of anilines is 1. The van der Waals surface area contributed by atoms with Crippen molar-refractivity contribution >= 4 is 44.3 Å². The summed E-state index contributed by atoms with van der Waals surface area (Å²) >= 11 is 5.87. The molecule has 34 heavy (non-hydrogen) atoms. The number of carbonyl (C=O) groups is 1. The number of nitrogens with zero attached hydrogens (tertiary/aromatic N) is 4. The van der Waals surface area contributed by atoms with E-state index >= 15 is 0 Å². The predicted molar refractivity (Wildman–Crippen MR) is 114 cm³/mol. The Morgan fingerprint density at radius 1 is 1.18 bits per heavy atom. The number of alkyl halides is 3. The third kappa shape index (κ3) is 5.09. The molecule has 4 rings (SSSR count). The van der Waals surface area contributed by atoms with Gasteiger partial charge in [-0.05, 0) is 41.6 Å². The van der Waals surface area contributed by atoms with Crippen LogP contribution in [0.4, 0.5) is 18.9 Å². The predicted octanol–water partition coefficient (Wildman–Crippen LogP) is 2.19. The van der Waals surface area contributed by atoms with E-state index in [1.807, 2.05) is 0 Å². The molecule has 0 aliphatic carbocycles. The molecule has 1 N–H and O–H groups in total. The number of hydrogen-bond acceptors (Lipinski definition) is 7. The monoisotopic (exact) mass is 519 g/mol. The van der Waals surface area contributed by atoms with Crippen LogP contribution in [0.15, 0.2) is 41.3 Å². The lowest BCUT2D eigenvalue weighted by atomic mass is 10.2. The highest BCUT2D eigenvalue weighted by atomic mass is 35.5. The Balaban J connectivity index is 1.49. The van der Waals surface area contributed by atoms with Crippen molar-refractivity contribution in [3.8, 4) is 0 Å². The van der Waals surface area contributed by atoms with Gasteiger partial charge in [-0.1, -0.05) is 16.4 Å². The molecule has 10 nitrogen and oxygen atoms in total. The topological polar surface area (TPSA) is 116 Å². The van der Waals surface area contributed by atoms with Crippen LogP contribution in [0.1, 0.15) is 5.56 Å². The SMILES string of the molecule is O=C(COn1nnc2ccc(S(=O)(=O)N3CCOCC3)cc21)Nc1cc(C(F)(F)F)ccc1Cl. The van der Waals surface area contributed by atoms with E-state index in [2.05, 4.69) is 15.6 Å². The van der Waals surface area contributed by atoms with Gasteiger partial charge in [0, 0.05) is 13.1 Å². The summed E-state index contributed by atoms with van der Waals surface area (Å²) in [5.41, 5.74) is -0.738. The van der Waals surface area contributed by atoms with Gasteiger partial charge in [0.15, 0.2) is 6.61 Å². The zero-order valence-corrected chi connectivity index (χ0v) is 18.8. The van der Waals surface area contributed by atoms with Crippen molar-refractivity contribution in [3.63, 3.8) is 0 Å². The number of sulfonamides is 1. The number of rotatable bonds is 6. The minimum absolute atomic E-state index is 0.0192. The summed E-state index contributed by atoms with van der Waals surface area (Å²) in [4.78, 5) is 18.4. The van der Waals surface area contributed by atoms with Crippen LogP contribution in [-0.2, 0) is 25.7 Å². The molecule has 3 aromatic rings. The lowest BCUT2D eigenvalue weighted by Gasteiger charge is -2.26. The summed E-state index contributed by atoms with van der Waals surface area (Å²) in [7, 11) is -3.80. The normalized spacial score (nSPS) is 15.4. The fourth-order valence-electron chi connectivity index (χ4n) is 3.17. The second-order valence-corrected chi connectivity index (χ2v) is 9.49. The molecule has 1 amide bonds. The molecule has 1 aliphatic rings. The van der Waals surface area contributed by atoms with Gasteiger partial charge in [0.2, 0.25) is 10.0 Å². The summed E-state index contributed by atoms with van der Waals surface area (Å²) in [6.07, 6.45) is -4.61. The summed E-state index contributed by atoms with van der Waals surface area (Å²) in [6, 6.07) is 6.64. The number of morpholine rings is 1. The number of amides is 1. The maximum atomic E-state index is 12.9. The lowest BCUT2D eigenvalue weighted by Crippen LogP contribution is -2.40. The van der Waals surface area contributed by atoms with E-state index in [9.17, 15) is 26.4 Å². The summed E-state index contributed by atoms with van der Waals surface area (Å²) in [5.74, 6) is -0.818. The van der Waals surface area contributed by atoms with E-state index in [4.69, 9.17) is 21.2 Å². The van der Waals surface area contributed by atoms with E-state index in [1.165, 1.54) is 22.5 Å². The molecule has 1 aliphatic heterocycles. The molecular formula is C19H17ClF3N5O5S. The molecule has 0 spiro atoms. The van der Waals surface area contributed by atoms with Crippen LogP contribution in [0.25, 0.3) is 11.0 Å². The Morgan fingerprint density at radius 3 is 2.62 bits per heavy atom. The van der Waals surface area contributed by atoms with Crippen molar-refractivity contribution in [2.75, 3.05) is 38.2 Å². The zero-order chi connectivity index (χ0) is 24.5. The Morgan fingerprint density at radius 2 is 1.91 bits per heavy atom. The third-order valence-corrected chi connectivity index (χ3v) is 7.10. The first-order chi connectivity index (χ1) is 16.1. The van der Waals surface area contributed by atoms with E-state index in [0.717, 1.165) is 17.0 Å². The lowest BCUT2D eigenvalue weighted by molar-refractivity contribution is -0.137. The van der Waals surface area contributed by atoms with Crippen molar-refractivity contribution in [2.45, 2.75) is 11.1 Å². The number of benzene rings is 2. The van der Waals surface area contributed by atoms with Crippen LogP contribution >= 0.6 is 11.6 Å². The number of carbonyl (C=O) groups excluding carboxylic acids is 1. The molecular weight excluding hydrogens is 503 g/mol. The highest BCUT2D eigenvalue weighted by molar-refractivity contribution is 7.89. The summed E-state index contributed by atoms with van der Waals surface area (Å²) < 4.78 is 71.0. The van der Waals surface area contributed by atoms with E-state index in [0.29, 0.717) is 11.6 Å². The van der Waals surface area contributed by atoms with Crippen LogP contribution in [0.2, 0.25) is 5.02 Å². The molecule has 0 unspecified atom stereocenters. The Hall–Kier alpha value is -2.94. The molecule has 2 aromatic carbocycles. The molecule has 1 aromatic heterocycles. The van der Waals surface area contributed by atoms with Gasteiger partial charge in [-0.2, -0.15) is 17.5 Å². The van der Waals surface area contributed by atoms with Gasteiger partial charge in [-0.15, -0.1) is 5.10 Å². The van der Waals surface area contributed by atoms with Crippen LogP contribution in [-0.4, -0.2) is 66.7 Å². The van der Waals surface area contributed by atoms with Gasteiger partial charge in [-0.25, -0.2) is 8.42 Å². The molecule has 15 heteroatoms. The van der Waals surface area contributed by atoms with Gasteiger partial charge < -0.3 is 14.9 Å². The second kappa shape index (κ2) is 9.37. The number of aromatic nitrogens is 3. The smallest absolute Gasteiger partial charge is 0.385 e. The zero-order valence-electron chi connectivity index (χ0n) is 17.2. The quantitative estimate of drug-likeness (QED) is 0.531. The van der Waals surface area contributed by atoms with Crippen molar-refractivity contribution in [1.29, 1.82) is 0 Å². The van der Waals surface area contributed by atoms with Gasteiger partial charge in [0.05, 0.1) is 34.4 Å². The first-order valence-electron chi connectivity index (χ1n) is 9.79. The van der Waals surface area contributed by atoms with Gasteiger partial charge in [-0.3, -0.25) is 4.79 Å². The molecule has 2 heterocycles. The molecule has 1 saturated heterocycles. The minimum Gasteiger partial charge on any atom is -0.385 e. The van der Waals surface area contributed by atoms with Crippen molar-refractivity contribution in [3.05, 3.63) is 47.0 Å². The van der Waals surface area contributed by atoms with Crippen molar-refractivity contribution in [1.82, 2.24) is 19.5 Å². The molecule has 0 atom stereocenters. The number of nitrogens with one attached hydrogen (secondary N) is 1. The highest BCUT2D eigenvalue weighted by Gasteiger charge is 2.31. The fourth-order valence-corrected chi connectivity index (χ4v) is 4.77. The van der Waals surface area contributed by atoms with Crippen LogP contribution in [0.5, 0.6) is 0 Å². The van der Waals surface area contributed by atoms with E-state index < -0.39 is 34.3 Å². The first kappa shape index (κ1) is 24.2. The number of ether oxygens (including phenoxy) is 1. The molecule has 0 saturated carbocycles. The Labute approximate surface area is 196 Å².